The number of nitrogens with zero attached hydrogens (tertiary/aromatic N) is 3. The number of benzene rings is 2. The van der Waals surface area contributed by atoms with Gasteiger partial charge in [-0.25, -0.2) is 4.68 Å². The van der Waals surface area contributed by atoms with Gasteiger partial charge in [-0.15, -0.1) is 0 Å². The van der Waals surface area contributed by atoms with Crippen molar-refractivity contribution >= 4 is 12.1 Å². The van der Waals surface area contributed by atoms with Crippen molar-refractivity contribution in [2.45, 2.75) is 19.8 Å². The first-order chi connectivity index (χ1) is 15.5. The van der Waals surface area contributed by atoms with Crippen molar-refractivity contribution in [3.63, 3.8) is 0 Å². The van der Waals surface area contributed by atoms with Crippen LogP contribution in [0.25, 0.3) is 5.69 Å². The second kappa shape index (κ2) is 9.36. The second-order valence-corrected chi connectivity index (χ2v) is 7.94. The van der Waals surface area contributed by atoms with Crippen LogP contribution in [0.5, 0.6) is 5.75 Å². The lowest BCUT2D eigenvalue weighted by atomic mass is 9.88. The molecule has 6 heteroatoms. The van der Waals surface area contributed by atoms with Gasteiger partial charge < -0.3 is 10.4 Å². The van der Waals surface area contributed by atoms with E-state index < -0.39 is 0 Å². The monoisotopic (exact) mass is 424 g/mol. The van der Waals surface area contributed by atoms with Crippen molar-refractivity contribution in [1.82, 2.24) is 15.1 Å². The van der Waals surface area contributed by atoms with Crippen LogP contribution in [-0.4, -0.2) is 33.6 Å². The highest BCUT2D eigenvalue weighted by molar-refractivity contribution is 5.95. The predicted octanol–water partition coefficient (Wildman–Crippen LogP) is 4.09. The minimum atomic E-state index is -0.141. The number of carbonyl (C=O) groups excluding carboxylic acids is 1. The average molecular weight is 425 g/mol. The molecule has 6 nitrogen and oxygen atoms in total. The van der Waals surface area contributed by atoms with Crippen LogP contribution in [0.1, 0.15) is 41.3 Å². The zero-order valence-corrected chi connectivity index (χ0v) is 17.8. The Bertz CT molecular complexity index is 1220. The van der Waals surface area contributed by atoms with E-state index in [4.69, 9.17) is 0 Å². The Morgan fingerprint density at radius 2 is 2.09 bits per heavy atom. The van der Waals surface area contributed by atoms with Crippen LogP contribution in [0.4, 0.5) is 0 Å². The van der Waals surface area contributed by atoms with Gasteiger partial charge in [0.25, 0.3) is 5.91 Å². The minimum absolute atomic E-state index is 0.0230. The highest BCUT2D eigenvalue weighted by atomic mass is 16.3. The summed E-state index contributed by atoms with van der Waals surface area (Å²) in [6.45, 7) is 2.72. The molecule has 0 aliphatic carbocycles. The number of nitrogens with one attached hydrogen (secondary N) is 1. The number of phenols is 1. The maximum atomic E-state index is 12.7. The molecular formula is C26H24N4O2. The summed E-state index contributed by atoms with van der Waals surface area (Å²) in [6, 6.07) is 14.0. The lowest BCUT2D eigenvalue weighted by Crippen LogP contribution is -2.26. The van der Waals surface area contributed by atoms with Gasteiger partial charge in [0.2, 0.25) is 0 Å². The maximum absolute atomic E-state index is 12.7. The molecule has 1 aliphatic heterocycles. The Labute approximate surface area is 187 Å². The molecule has 0 bridgehead atoms. The second-order valence-electron chi connectivity index (χ2n) is 7.94. The third-order valence-corrected chi connectivity index (χ3v) is 5.29. The number of allylic oxidation sites excluding steroid dienone is 1. The van der Waals surface area contributed by atoms with Gasteiger partial charge in [0, 0.05) is 47.9 Å². The maximum Gasteiger partial charge on any atom is 0.251 e. The van der Waals surface area contributed by atoms with E-state index in [9.17, 15) is 9.90 Å². The number of carbonyl (C=O) groups is 1. The Kier molecular flexibility index (Phi) is 6.18. The zero-order valence-electron chi connectivity index (χ0n) is 17.8. The molecule has 0 saturated heterocycles. The van der Waals surface area contributed by atoms with E-state index in [1.54, 1.807) is 41.2 Å². The van der Waals surface area contributed by atoms with Crippen LogP contribution < -0.4 is 5.32 Å². The quantitative estimate of drug-likeness (QED) is 0.462. The molecule has 1 aliphatic rings. The predicted molar refractivity (Wildman–Crippen MR) is 125 cm³/mol. The molecule has 0 radical (unpaired) electrons. The number of rotatable bonds is 6. The number of hydrogen-bond acceptors (Lipinski definition) is 4. The van der Waals surface area contributed by atoms with Gasteiger partial charge in [-0.2, -0.15) is 5.10 Å². The third kappa shape index (κ3) is 5.13. The largest absolute Gasteiger partial charge is 0.508 e. The van der Waals surface area contributed by atoms with Gasteiger partial charge in [0.15, 0.2) is 0 Å². The third-order valence-electron chi connectivity index (χ3n) is 5.29. The summed E-state index contributed by atoms with van der Waals surface area (Å²) in [5.74, 6) is 6.20. The van der Waals surface area contributed by atoms with Crippen molar-refractivity contribution in [1.29, 1.82) is 0 Å². The van der Waals surface area contributed by atoms with Crippen LogP contribution in [-0.2, 0) is 0 Å². The number of phenolic OH excluding ortho intramolecular Hbond substituents is 1. The fraction of sp³-hybridized carbons (Fsp3) is 0.192. The molecule has 0 fully saturated rings. The van der Waals surface area contributed by atoms with Crippen molar-refractivity contribution in [3.05, 3.63) is 89.9 Å². The van der Waals surface area contributed by atoms with E-state index in [1.165, 1.54) is 0 Å². The molecule has 0 spiro atoms. The summed E-state index contributed by atoms with van der Waals surface area (Å²) < 4.78 is 1.71. The smallest absolute Gasteiger partial charge is 0.251 e. The topological polar surface area (TPSA) is 79.5 Å². The number of aliphatic imine (C=N–C) groups is 1. The first kappa shape index (κ1) is 21.1. The van der Waals surface area contributed by atoms with Crippen LogP contribution in [0.15, 0.2) is 78.2 Å². The van der Waals surface area contributed by atoms with Crippen LogP contribution in [0.3, 0.4) is 0 Å². The fourth-order valence-electron chi connectivity index (χ4n) is 3.50. The summed E-state index contributed by atoms with van der Waals surface area (Å²) in [7, 11) is 0. The van der Waals surface area contributed by atoms with Crippen molar-refractivity contribution in [2.75, 3.05) is 6.54 Å². The summed E-state index contributed by atoms with van der Waals surface area (Å²) in [4.78, 5) is 16.9. The number of amides is 1. The van der Waals surface area contributed by atoms with Crippen LogP contribution in [0, 0.1) is 17.3 Å². The summed E-state index contributed by atoms with van der Waals surface area (Å²) in [5, 5.41) is 17.0. The first-order valence-corrected chi connectivity index (χ1v) is 10.5. The molecule has 1 aromatic heterocycles. The highest BCUT2D eigenvalue weighted by Gasteiger charge is 2.20. The SMILES string of the molecule is CC1(CCCNC(=O)c2ccc(-n3cccn3)c(C#Cc3cccc(O)c3)c2)C=CN=C1. The van der Waals surface area contributed by atoms with Crippen molar-refractivity contribution < 1.29 is 9.90 Å². The summed E-state index contributed by atoms with van der Waals surface area (Å²) in [5.41, 5.74) is 2.65. The molecule has 3 aromatic rings. The standard InChI is InChI=1S/C26H24N4O2/c1-26(12-15-27-19-26)11-3-13-28-25(32)22-9-10-24(30-16-4-14-29-30)21(18-22)8-7-20-5-2-6-23(31)17-20/h2,4-6,9-10,12,14-19,31H,3,11,13H2,1H3,(H,28,32). The van der Waals surface area contributed by atoms with E-state index in [0.29, 0.717) is 23.2 Å². The van der Waals surface area contributed by atoms with Gasteiger partial charge >= 0.3 is 0 Å². The van der Waals surface area contributed by atoms with Crippen molar-refractivity contribution in [3.8, 4) is 23.3 Å². The van der Waals surface area contributed by atoms with E-state index in [-0.39, 0.29) is 17.1 Å². The zero-order chi connectivity index (χ0) is 22.4. The molecule has 32 heavy (non-hydrogen) atoms. The van der Waals surface area contributed by atoms with Crippen molar-refractivity contribution in [2.24, 2.45) is 10.4 Å². The Morgan fingerprint density at radius 1 is 1.19 bits per heavy atom. The van der Waals surface area contributed by atoms with E-state index >= 15 is 0 Å². The molecule has 2 heterocycles. The van der Waals surface area contributed by atoms with E-state index in [2.05, 4.69) is 40.2 Å². The average Bonchev–Trinajstić information content (AvgIpc) is 3.47. The highest BCUT2D eigenvalue weighted by Crippen LogP contribution is 2.26. The molecule has 1 atom stereocenters. The van der Waals surface area contributed by atoms with Gasteiger partial charge in [0.1, 0.15) is 5.75 Å². The molecule has 160 valence electrons. The molecule has 2 N–H and O–H groups in total. The van der Waals surface area contributed by atoms with Crippen LogP contribution in [0.2, 0.25) is 0 Å². The summed E-state index contributed by atoms with van der Waals surface area (Å²) >= 11 is 0. The molecular weight excluding hydrogens is 400 g/mol. The first-order valence-electron chi connectivity index (χ1n) is 10.5. The summed E-state index contributed by atoms with van der Waals surface area (Å²) in [6.07, 6.45) is 11.1. The lowest BCUT2D eigenvalue weighted by molar-refractivity contribution is 0.0952. The van der Waals surface area contributed by atoms with Gasteiger partial charge in [-0.05, 0) is 55.3 Å². The molecule has 1 unspecified atom stereocenters. The Balaban J connectivity index is 1.50. The van der Waals surface area contributed by atoms with E-state index in [0.717, 1.165) is 18.5 Å². The normalized spacial score (nSPS) is 16.5. The Hall–Kier alpha value is -4.11. The molecule has 4 rings (SSSR count). The van der Waals surface area contributed by atoms with Gasteiger partial charge in [-0.1, -0.05) is 30.9 Å². The van der Waals surface area contributed by atoms with Gasteiger partial charge in [-0.3, -0.25) is 9.79 Å². The fourth-order valence-corrected chi connectivity index (χ4v) is 3.50. The number of hydrogen-bond donors (Lipinski definition) is 2. The number of aromatic hydroxyl groups is 1. The molecule has 2 aromatic carbocycles. The minimum Gasteiger partial charge on any atom is -0.508 e. The van der Waals surface area contributed by atoms with Gasteiger partial charge in [0.05, 0.1) is 11.3 Å². The van der Waals surface area contributed by atoms with E-state index in [1.807, 2.05) is 36.8 Å². The molecule has 1 amide bonds. The number of aromatic nitrogens is 2. The Morgan fingerprint density at radius 3 is 2.84 bits per heavy atom. The molecule has 0 saturated carbocycles. The van der Waals surface area contributed by atoms with Crippen LogP contribution >= 0.6 is 0 Å². The lowest BCUT2D eigenvalue weighted by Gasteiger charge is -2.17.